The molecular weight excluding hydrogens is 310 g/mol. The van der Waals surface area contributed by atoms with Gasteiger partial charge in [0.25, 0.3) is 5.91 Å². The number of nitrogens with two attached hydrogens (primary N) is 1. The number of primary amides is 1. The van der Waals surface area contributed by atoms with Gasteiger partial charge in [-0.25, -0.2) is 0 Å². The lowest BCUT2D eigenvalue weighted by Gasteiger charge is -2.34. The molecule has 2 atom stereocenters. The van der Waals surface area contributed by atoms with Crippen LogP contribution >= 0.6 is 11.3 Å². The molecule has 1 saturated heterocycles. The summed E-state index contributed by atoms with van der Waals surface area (Å²) in [5.74, 6) is 0.159. The summed E-state index contributed by atoms with van der Waals surface area (Å²) in [6.45, 7) is 6.09. The highest BCUT2D eigenvalue weighted by atomic mass is 32.1. The molecule has 0 radical (unpaired) electrons. The summed E-state index contributed by atoms with van der Waals surface area (Å²) in [6, 6.07) is -0.185. The highest BCUT2D eigenvalue weighted by Gasteiger charge is 2.29. The fourth-order valence-corrected chi connectivity index (χ4v) is 5.01. The van der Waals surface area contributed by atoms with Crippen molar-refractivity contribution >= 4 is 28.2 Å². The van der Waals surface area contributed by atoms with E-state index in [2.05, 4.69) is 17.1 Å². The first-order chi connectivity index (χ1) is 11.0. The molecule has 0 aromatic carbocycles. The van der Waals surface area contributed by atoms with Crippen molar-refractivity contribution < 1.29 is 9.59 Å². The lowest BCUT2D eigenvalue weighted by molar-refractivity contribution is -0.121. The number of nitrogens with one attached hydrogen (secondary N) is 1. The number of likely N-dealkylation sites (tertiary alicyclic amines) is 1. The third-order valence-electron chi connectivity index (χ3n) is 5.02. The Morgan fingerprint density at radius 2 is 2.13 bits per heavy atom. The molecule has 0 spiro atoms. The fourth-order valence-electron chi connectivity index (χ4n) is 3.71. The van der Waals surface area contributed by atoms with Crippen molar-refractivity contribution in [2.24, 2.45) is 11.7 Å². The highest BCUT2D eigenvalue weighted by Crippen LogP contribution is 2.39. The van der Waals surface area contributed by atoms with E-state index in [0.717, 1.165) is 44.3 Å². The molecule has 2 aliphatic rings. The van der Waals surface area contributed by atoms with Crippen LogP contribution in [-0.4, -0.2) is 35.8 Å². The Balaban J connectivity index is 1.74. The molecular formula is C17H25N3O2S. The van der Waals surface area contributed by atoms with E-state index in [1.165, 1.54) is 22.6 Å². The number of anilines is 1. The van der Waals surface area contributed by atoms with Gasteiger partial charge in [0.1, 0.15) is 5.00 Å². The predicted molar refractivity (Wildman–Crippen MR) is 92.9 cm³/mol. The highest BCUT2D eigenvalue weighted by molar-refractivity contribution is 7.17. The quantitative estimate of drug-likeness (QED) is 0.887. The van der Waals surface area contributed by atoms with Crippen molar-refractivity contribution in [3.8, 4) is 0 Å². The van der Waals surface area contributed by atoms with E-state index in [1.807, 2.05) is 6.92 Å². The zero-order valence-corrected chi connectivity index (χ0v) is 14.7. The summed E-state index contributed by atoms with van der Waals surface area (Å²) in [4.78, 5) is 27.9. The number of rotatable bonds is 4. The number of fused-ring (bicyclic) bond motifs is 1. The number of amides is 2. The Kier molecular flexibility index (Phi) is 4.73. The maximum Gasteiger partial charge on any atom is 0.251 e. The molecule has 1 aromatic rings. The Morgan fingerprint density at radius 1 is 1.35 bits per heavy atom. The predicted octanol–water partition coefficient (Wildman–Crippen LogP) is 2.39. The first kappa shape index (κ1) is 16.5. The Morgan fingerprint density at radius 3 is 2.83 bits per heavy atom. The fraction of sp³-hybridized carbons (Fsp3) is 0.647. The van der Waals surface area contributed by atoms with Crippen molar-refractivity contribution in [2.45, 2.75) is 52.0 Å². The number of nitrogens with zero attached hydrogens (tertiary/aromatic N) is 1. The van der Waals surface area contributed by atoms with E-state index in [4.69, 9.17) is 5.73 Å². The van der Waals surface area contributed by atoms with Crippen molar-refractivity contribution in [3.63, 3.8) is 0 Å². The van der Waals surface area contributed by atoms with Crippen LogP contribution in [0.3, 0.4) is 0 Å². The number of hydrogen-bond donors (Lipinski definition) is 2. The summed E-state index contributed by atoms with van der Waals surface area (Å²) < 4.78 is 0. The molecule has 5 nitrogen and oxygen atoms in total. The molecule has 126 valence electrons. The molecule has 1 aromatic heterocycles. The number of carbonyl (C=O) groups excluding carboxylic acids is 2. The van der Waals surface area contributed by atoms with E-state index < -0.39 is 5.91 Å². The second-order valence-corrected chi connectivity index (χ2v) is 7.94. The molecule has 2 heterocycles. The van der Waals surface area contributed by atoms with Gasteiger partial charge in [0, 0.05) is 11.4 Å². The third kappa shape index (κ3) is 3.28. The van der Waals surface area contributed by atoms with Gasteiger partial charge >= 0.3 is 0 Å². The van der Waals surface area contributed by atoms with Crippen molar-refractivity contribution in [1.29, 1.82) is 0 Å². The summed E-state index contributed by atoms with van der Waals surface area (Å²) in [5, 5.41) is 3.61. The largest absolute Gasteiger partial charge is 0.365 e. The van der Waals surface area contributed by atoms with Crippen LogP contribution in [0.15, 0.2) is 0 Å². The van der Waals surface area contributed by atoms with Crippen LogP contribution in [0.5, 0.6) is 0 Å². The Bertz CT molecular complexity index is 626. The van der Waals surface area contributed by atoms with Gasteiger partial charge in [-0.15, -0.1) is 11.3 Å². The van der Waals surface area contributed by atoms with Crippen LogP contribution in [0.2, 0.25) is 0 Å². The molecule has 0 bridgehead atoms. The van der Waals surface area contributed by atoms with Gasteiger partial charge in [-0.1, -0.05) is 6.92 Å². The molecule has 1 aliphatic carbocycles. The maximum atomic E-state index is 12.6. The van der Waals surface area contributed by atoms with E-state index in [0.29, 0.717) is 16.5 Å². The van der Waals surface area contributed by atoms with Crippen LogP contribution in [0.4, 0.5) is 5.00 Å². The second kappa shape index (κ2) is 6.61. The molecule has 1 aliphatic heterocycles. The van der Waals surface area contributed by atoms with Gasteiger partial charge in [-0.2, -0.15) is 0 Å². The van der Waals surface area contributed by atoms with E-state index in [-0.39, 0.29) is 11.9 Å². The average Bonchev–Trinajstić information content (AvgIpc) is 3.06. The van der Waals surface area contributed by atoms with Crippen LogP contribution in [0.1, 0.15) is 53.9 Å². The van der Waals surface area contributed by atoms with Crippen LogP contribution in [-0.2, 0) is 17.6 Å². The minimum absolute atomic E-state index is 0.0403. The van der Waals surface area contributed by atoms with E-state index in [1.54, 1.807) is 0 Å². The average molecular weight is 335 g/mol. The van der Waals surface area contributed by atoms with Crippen LogP contribution in [0, 0.1) is 5.92 Å². The first-order valence-corrected chi connectivity index (χ1v) is 9.28. The third-order valence-corrected chi connectivity index (χ3v) is 6.23. The lowest BCUT2D eigenvalue weighted by Crippen LogP contribution is -2.46. The van der Waals surface area contributed by atoms with Crippen molar-refractivity contribution in [3.05, 3.63) is 16.0 Å². The van der Waals surface area contributed by atoms with Crippen molar-refractivity contribution in [2.75, 3.05) is 18.4 Å². The van der Waals surface area contributed by atoms with Crippen molar-refractivity contribution in [1.82, 2.24) is 4.90 Å². The molecule has 3 N–H and O–H groups in total. The number of hydrogen-bond acceptors (Lipinski definition) is 4. The molecule has 23 heavy (non-hydrogen) atoms. The number of aryl methyl sites for hydroxylation is 1. The summed E-state index contributed by atoms with van der Waals surface area (Å²) in [7, 11) is 0. The monoisotopic (exact) mass is 335 g/mol. The topological polar surface area (TPSA) is 75.4 Å². The summed E-state index contributed by atoms with van der Waals surface area (Å²) in [5.41, 5.74) is 7.14. The number of thiophene rings is 1. The molecule has 3 rings (SSSR count). The molecule has 6 heteroatoms. The Hall–Kier alpha value is -1.40. The van der Waals surface area contributed by atoms with Gasteiger partial charge in [0.15, 0.2) is 0 Å². The van der Waals surface area contributed by atoms with Gasteiger partial charge in [-0.3, -0.25) is 14.5 Å². The standard InChI is InChI=1S/C17H25N3O2S/c1-10-5-4-8-20(9-10)11(2)16(22)19-17-14(15(18)21)12-6-3-7-13(12)23-17/h10-11H,3-9H2,1-2H3,(H2,18,21)(H,19,22)/t10-,11+/m1/s1. The number of piperidine rings is 1. The zero-order chi connectivity index (χ0) is 16.6. The normalized spacial score (nSPS) is 22.6. The van der Waals surface area contributed by atoms with Gasteiger partial charge in [-0.05, 0) is 57.1 Å². The van der Waals surface area contributed by atoms with E-state index >= 15 is 0 Å². The summed E-state index contributed by atoms with van der Waals surface area (Å²) >= 11 is 1.52. The second-order valence-electron chi connectivity index (χ2n) is 6.83. The minimum Gasteiger partial charge on any atom is -0.365 e. The van der Waals surface area contributed by atoms with Gasteiger partial charge in [0.2, 0.25) is 5.91 Å². The SMILES string of the molecule is C[C@@H]1CCCN([C@@H](C)C(=O)Nc2sc3c(c2C(N)=O)CCC3)C1. The summed E-state index contributed by atoms with van der Waals surface area (Å²) in [6.07, 6.45) is 5.30. The number of carbonyl (C=O) groups is 2. The molecule has 0 saturated carbocycles. The molecule has 1 fully saturated rings. The van der Waals surface area contributed by atoms with Gasteiger partial charge < -0.3 is 11.1 Å². The lowest BCUT2D eigenvalue weighted by atomic mass is 9.99. The van der Waals surface area contributed by atoms with E-state index in [9.17, 15) is 9.59 Å². The smallest absolute Gasteiger partial charge is 0.251 e. The first-order valence-electron chi connectivity index (χ1n) is 8.46. The Labute approximate surface area is 141 Å². The molecule has 2 amide bonds. The zero-order valence-electron chi connectivity index (χ0n) is 13.9. The van der Waals surface area contributed by atoms with Crippen LogP contribution < -0.4 is 11.1 Å². The van der Waals surface area contributed by atoms with Crippen LogP contribution in [0.25, 0.3) is 0 Å². The van der Waals surface area contributed by atoms with Gasteiger partial charge in [0.05, 0.1) is 11.6 Å². The maximum absolute atomic E-state index is 12.6. The molecule has 0 unspecified atom stereocenters. The minimum atomic E-state index is -0.432.